The Morgan fingerprint density at radius 1 is 1.10 bits per heavy atom. The Kier molecular flexibility index (Phi) is 5.41. The molecular formula is C23H18N2O3S. The van der Waals surface area contributed by atoms with E-state index in [9.17, 15) is 4.79 Å². The number of Topliss-reactive ketones (excluding diaryl/α,β-unsaturated/α-hetero) is 1. The number of benzene rings is 2. The molecule has 4 rings (SSSR count). The van der Waals surface area contributed by atoms with E-state index in [4.69, 9.17) is 9.15 Å². The molecule has 0 fully saturated rings. The fourth-order valence-electron chi connectivity index (χ4n) is 2.79. The number of nitrogens with zero attached hydrogens (tertiary/aromatic N) is 1. The Labute approximate surface area is 172 Å². The third kappa shape index (κ3) is 4.53. The molecule has 0 radical (unpaired) electrons. The average Bonchev–Trinajstić information content (AvgIpc) is 3.39. The number of hydrogen-bond acceptors (Lipinski definition) is 5. The average molecular weight is 402 g/mol. The second kappa shape index (κ2) is 8.29. The number of carbonyl (C=O) groups is 1. The zero-order valence-corrected chi connectivity index (χ0v) is 16.8. The number of carbonyl (C=O) groups excluding carboxylic acids is 1. The van der Waals surface area contributed by atoms with E-state index >= 15 is 0 Å². The number of methoxy groups -OCH3 is 1. The van der Waals surface area contributed by atoms with Crippen LogP contribution in [0.25, 0.3) is 22.2 Å². The second-order valence-electron chi connectivity index (χ2n) is 6.45. The first-order chi connectivity index (χ1) is 14.1. The lowest BCUT2D eigenvalue weighted by Gasteiger charge is -2.02. The van der Waals surface area contributed by atoms with Gasteiger partial charge < -0.3 is 9.15 Å². The summed E-state index contributed by atoms with van der Waals surface area (Å²) in [6.45, 7) is 1.56. The predicted octanol–water partition coefficient (Wildman–Crippen LogP) is 4.91. The molecular weight excluding hydrogens is 384 g/mol. The van der Waals surface area contributed by atoms with Gasteiger partial charge in [0.05, 0.1) is 12.9 Å². The van der Waals surface area contributed by atoms with Gasteiger partial charge in [-0.25, -0.2) is 0 Å². The molecule has 6 heteroatoms. The van der Waals surface area contributed by atoms with Crippen molar-refractivity contribution in [2.24, 2.45) is 0 Å². The first-order valence-electron chi connectivity index (χ1n) is 8.98. The van der Waals surface area contributed by atoms with Gasteiger partial charge >= 0.3 is 0 Å². The van der Waals surface area contributed by atoms with Crippen molar-refractivity contribution in [3.05, 3.63) is 65.9 Å². The molecule has 0 spiro atoms. The Balaban J connectivity index is 1.50. The van der Waals surface area contributed by atoms with Gasteiger partial charge in [0, 0.05) is 11.6 Å². The first-order valence-corrected chi connectivity index (χ1v) is 9.97. The Bertz CT molecular complexity index is 1240. The lowest BCUT2D eigenvalue weighted by Crippen LogP contribution is -1.92. The topological polar surface area (TPSA) is 68.1 Å². The van der Waals surface area contributed by atoms with Crippen molar-refractivity contribution in [1.29, 1.82) is 0 Å². The molecule has 0 aliphatic rings. The quantitative estimate of drug-likeness (QED) is 0.379. The summed E-state index contributed by atoms with van der Waals surface area (Å²) >= 11 is 1.39. The minimum Gasteiger partial charge on any atom is -0.497 e. The van der Waals surface area contributed by atoms with E-state index in [0.717, 1.165) is 32.8 Å². The van der Waals surface area contributed by atoms with Crippen molar-refractivity contribution in [3.63, 3.8) is 0 Å². The highest BCUT2D eigenvalue weighted by Crippen LogP contribution is 2.25. The number of rotatable bonds is 5. The van der Waals surface area contributed by atoms with Gasteiger partial charge in [0.2, 0.25) is 0 Å². The molecule has 1 N–H and O–H groups in total. The van der Waals surface area contributed by atoms with E-state index in [-0.39, 0.29) is 5.78 Å². The Hall–Kier alpha value is -3.43. The number of ketones is 1. The van der Waals surface area contributed by atoms with E-state index in [1.807, 2.05) is 54.6 Å². The molecule has 2 aromatic carbocycles. The number of hydrogen-bond donors (Lipinski definition) is 1. The van der Waals surface area contributed by atoms with Crippen molar-refractivity contribution in [2.75, 3.05) is 12.9 Å². The fraction of sp³-hybridized carbons (Fsp3) is 0.130. The molecule has 0 amide bonds. The largest absolute Gasteiger partial charge is 0.497 e. The van der Waals surface area contributed by atoms with Crippen molar-refractivity contribution < 1.29 is 13.9 Å². The first kappa shape index (κ1) is 18.9. The van der Waals surface area contributed by atoms with E-state index in [1.54, 1.807) is 14.0 Å². The molecule has 0 aliphatic carbocycles. The molecule has 0 atom stereocenters. The standard InChI is InChI=1S/C23H18N2O3S/c1-15(26)14-29-23-13-21(24-25-23)22-10-9-19(28-22)7-4-16-3-5-18-12-20(27-2)8-6-17(18)11-16/h3,5-6,8-13H,14H2,1-2H3,(H,24,25). The molecule has 0 unspecified atom stereocenters. The summed E-state index contributed by atoms with van der Waals surface area (Å²) in [5, 5.41) is 10.1. The molecule has 2 aromatic heterocycles. The lowest BCUT2D eigenvalue weighted by molar-refractivity contribution is -0.114. The maximum Gasteiger partial charge on any atom is 0.178 e. The second-order valence-corrected chi connectivity index (χ2v) is 7.45. The number of H-pyrrole nitrogens is 1. The van der Waals surface area contributed by atoms with Gasteiger partial charge in [0.25, 0.3) is 0 Å². The van der Waals surface area contributed by atoms with Crippen LogP contribution >= 0.6 is 11.8 Å². The zero-order valence-electron chi connectivity index (χ0n) is 16.0. The third-order valence-electron chi connectivity index (χ3n) is 4.23. The van der Waals surface area contributed by atoms with Crippen LogP contribution in [-0.4, -0.2) is 28.8 Å². The van der Waals surface area contributed by atoms with Crippen molar-refractivity contribution in [1.82, 2.24) is 10.2 Å². The van der Waals surface area contributed by atoms with Gasteiger partial charge in [-0.2, -0.15) is 5.10 Å². The molecule has 0 saturated carbocycles. The molecule has 0 bridgehead atoms. The summed E-state index contributed by atoms with van der Waals surface area (Å²) in [5.74, 6) is 8.78. The summed E-state index contributed by atoms with van der Waals surface area (Å²) < 4.78 is 11.1. The summed E-state index contributed by atoms with van der Waals surface area (Å²) in [5.41, 5.74) is 1.66. The van der Waals surface area contributed by atoms with Crippen LogP contribution in [0.2, 0.25) is 0 Å². The highest BCUT2D eigenvalue weighted by atomic mass is 32.2. The molecule has 29 heavy (non-hydrogen) atoms. The normalized spacial score (nSPS) is 10.6. The van der Waals surface area contributed by atoms with Gasteiger partial charge in [0.15, 0.2) is 11.5 Å². The number of fused-ring (bicyclic) bond motifs is 1. The monoisotopic (exact) mass is 402 g/mol. The third-order valence-corrected chi connectivity index (χ3v) is 5.28. The Morgan fingerprint density at radius 3 is 2.76 bits per heavy atom. The molecule has 0 saturated heterocycles. The van der Waals surface area contributed by atoms with E-state index < -0.39 is 0 Å². The smallest absolute Gasteiger partial charge is 0.178 e. The number of aromatic amines is 1. The number of ether oxygens (including phenoxy) is 1. The molecule has 0 aliphatic heterocycles. The maximum absolute atomic E-state index is 11.1. The van der Waals surface area contributed by atoms with Gasteiger partial charge in [-0.1, -0.05) is 29.8 Å². The van der Waals surface area contributed by atoms with Crippen LogP contribution in [0, 0.1) is 11.8 Å². The highest BCUT2D eigenvalue weighted by Gasteiger charge is 2.09. The summed E-state index contributed by atoms with van der Waals surface area (Å²) in [6.07, 6.45) is 0. The highest BCUT2D eigenvalue weighted by molar-refractivity contribution is 7.99. The Morgan fingerprint density at radius 2 is 1.93 bits per heavy atom. The summed E-state index contributed by atoms with van der Waals surface area (Å²) in [6, 6.07) is 17.5. The van der Waals surface area contributed by atoms with Gasteiger partial charge in [-0.05, 0) is 60.0 Å². The molecule has 5 nitrogen and oxygen atoms in total. The van der Waals surface area contributed by atoms with Crippen LogP contribution < -0.4 is 4.74 Å². The van der Waals surface area contributed by atoms with Crippen LogP contribution in [0.1, 0.15) is 18.2 Å². The van der Waals surface area contributed by atoms with Gasteiger partial charge in [-0.15, -0.1) is 0 Å². The summed E-state index contributed by atoms with van der Waals surface area (Å²) in [7, 11) is 1.66. The minimum absolute atomic E-state index is 0.114. The van der Waals surface area contributed by atoms with Gasteiger partial charge in [0.1, 0.15) is 22.3 Å². The van der Waals surface area contributed by atoms with Crippen molar-refractivity contribution >= 4 is 28.3 Å². The number of thioether (sulfide) groups is 1. The van der Waals surface area contributed by atoms with E-state index in [1.165, 1.54) is 11.8 Å². The maximum atomic E-state index is 11.1. The van der Waals surface area contributed by atoms with E-state index in [2.05, 4.69) is 22.0 Å². The number of aromatic nitrogens is 2. The van der Waals surface area contributed by atoms with Crippen LogP contribution in [-0.2, 0) is 4.79 Å². The minimum atomic E-state index is 0.114. The van der Waals surface area contributed by atoms with E-state index in [0.29, 0.717) is 17.3 Å². The lowest BCUT2D eigenvalue weighted by atomic mass is 10.1. The molecule has 144 valence electrons. The predicted molar refractivity (Wildman–Crippen MR) is 114 cm³/mol. The number of nitrogens with one attached hydrogen (secondary N) is 1. The van der Waals surface area contributed by atoms with Gasteiger partial charge in [-0.3, -0.25) is 9.89 Å². The fourth-order valence-corrected chi connectivity index (χ4v) is 3.45. The molecule has 2 heterocycles. The molecule has 4 aromatic rings. The van der Waals surface area contributed by atoms with Crippen molar-refractivity contribution in [3.8, 4) is 29.0 Å². The van der Waals surface area contributed by atoms with Crippen LogP contribution in [0.5, 0.6) is 5.75 Å². The number of furan rings is 1. The van der Waals surface area contributed by atoms with Crippen molar-refractivity contribution in [2.45, 2.75) is 11.9 Å². The zero-order chi connectivity index (χ0) is 20.2. The summed E-state index contributed by atoms with van der Waals surface area (Å²) in [4.78, 5) is 11.1. The van der Waals surface area contributed by atoms with Crippen LogP contribution in [0.15, 0.2) is 64.0 Å². The SMILES string of the molecule is COc1ccc2cc(C#Cc3ccc(-c4cc(SCC(C)=O)n[nH]4)o3)ccc2c1. The van der Waals surface area contributed by atoms with Crippen LogP contribution in [0.3, 0.4) is 0 Å². The van der Waals surface area contributed by atoms with Crippen LogP contribution in [0.4, 0.5) is 0 Å².